The van der Waals surface area contributed by atoms with Gasteiger partial charge in [-0.05, 0) is 26.8 Å². The maximum atomic E-state index is 5.43. The summed E-state index contributed by atoms with van der Waals surface area (Å²) in [5.74, 6) is 0.896. The van der Waals surface area contributed by atoms with Crippen molar-refractivity contribution in [2.45, 2.75) is 26.4 Å². The highest BCUT2D eigenvalue weighted by Crippen LogP contribution is 2.13. The molecule has 0 spiro atoms. The van der Waals surface area contributed by atoms with Crippen LogP contribution in [0.1, 0.15) is 20.8 Å². The Labute approximate surface area is 71.8 Å². The van der Waals surface area contributed by atoms with E-state index in [9.17, 15) is 0 Å². The quantitative estimate of drug-likeness (QED) is 0.683. The van der Waals surface area contributed by atoms with Crippen LogP contribution >= 0.6 is 0 Å². The van der Waals surface area contributed by atoms with Crippen molar-refractivity contribution in [2.75, 3.05) is 5.73 Å². The summed E-state index contributed by atoms with van der Waals surface area (Å²) in [6, 6.07) is 3.36. The number of aromatic nitrogens is 2. The molecular weight excluding hydrogens is 154 g/mol. The number of ether oxygens (including phenoxy) is 1. The fourth-order valence-electron chi connectivity index (χ4n) is 0.698. The van der Waals surface area contributed by atoms with Crippen molar-refractivity contribution in [1.29, 1.82) is 0 Å². The van der Waals surface area contributed by atoms with Gasteiger partial charge in [-0.3, -0.25) is 0 Å². The van der Waals surface area contributed by atoms with Crippen LogP contribution in [-0.2, 0) is 0 Å². The van der Waals surface area contributed by atoms with Crippen molar-refractivity contribution in [3.63, 3.8) is 0 Å². The van der Waals surface area contributed by atoms with Crippen LogP contribution in [0, 0.1) is 0 Å². The molecule has 0 bridgehead atoms. The zero-order chi connectivity index (χ0) is 9.19. The summed E-state index contributed by atoms with van der Waals surface area (Å²) >= 11 is 0. The van der Waals surface area contributed by atoms with Crippen LogP contribution in [0.25, 0.3) is 0 Å². The molecule has 2 N–H and O–H groups in total. The second kappa shape index (κ2) is 2.97. The predicted octanol–water partition coefficient (Wildman–Crippen LogP) is 1.24. The Morgan fingerprint density at radius 1 is 1.25 bits per heavy atom. The first-order valence-corrected chi connectivity index (χ1v) is 3.75. The van der Waals surface area contributed by atoms with Gasteiger partial charge in [0.15, 0.2) is 0 Å². The van der Waals surface area contributed by atoms with E-state index in [-0.39, 0.29) is 5.60 Å². The number of anilines is 1. The first-order chi connectivity index (χ1) is 5.47. The third kappa shape index (κ3) is 2.74. The molecule has 66 valence electrons. The number of nitrogens with two attached hydrogens (primary N) is 1. The van der Waals surface area contributed by atoms with Gasteiger partial charge in [-0.1, -0.05) is 0 Å². The highest BCUT2D eigenvalue weighted by atomic mass is 16.5. The SMILES string of the molecule is CC(C)(C)Oc1ccc(N)nn1. The van der Waals surface area contributed by atoms with Gasteiger partial charge >= 0.3 is 0 Å². The van der Waals surface area contributed by atoms with E-state index in [0.29, 0.717) is 11.7 Å². The molecule has 0 radical (unpaired) electrons. The van der Waals surface area contributed by atoms with Crippen LogP contribution in [0.5, 0.6) is 5.88 Å². The molecule has 0 amide bonds. The Morgan fingerprint density at radius 3 is 2.33 bits per heavy atom. The molecule has 0 saturated heterocycles. The minimum atomic E-state index is -0.245. The number of rotatable bonds is 1. The Bertz CT molecular complexity index is 250. The van der Waals surface area contributed by atoms with Crippen molar-refractivity contribution in [3.05, 3.63) is 12.1 Å². The summed E-state index contributed by atoms with van der Waals surface area (Å²) in [7, 11) is 0. The van der Waals surface area contributed by atoms with E-state index < -0.39 is 0 Å². The normalized spacial score (nSPS) is 11.2. The van der Waals surface area contributed by atoms with Gasteiger partial charge in [0.1, 0.15) is 11.4 Å². The molecule has 0 aliphatic carbocycles. The highest BCUT2D eigenvalue weighted by Gasteiger charge is 2.12. The molecule has 1 aromatic heterocycles. The minimum absolute atomic E-state index is 0.245. The van der Waals surface area contributed by atoms with Gasteiger partial charge in [0.25, 0.3) is 0 Å². The number of nitrogen functional groups attached to an aromatic ring is 1. The van der Waals surface area contributed by atoms with Crippen LogP contribution in [0.2, 0.25) is 0 Å². The van der Waals surface area contributed by atoms with Crippen LogP contribution in [0.15, 0.2) is 12.1 Å². The van der Waals surface area contributed by atoms with Gasteiger partial charge in [0.05, 0.1) is 0 Å². The lowest BCUT2D eigenvalue weighted by atomic mass is 10.2. The van der Waals surface area contributed by atoms with Crippen molar-refractivity contribution < 1.29 is 4.74 Å². The summed E-state index contributed by atoms with van der Waals surface area (Å²) in [5, 5.41) is 7.43. The zero-order valence-electron chi connectivity index (χ0n) is 7.53. The second-order valence-corrected chi connectivity index (χ2v) is 3.51. The van der Waals surface area contributed by atoms with E-state index in [1.54, 1.807) is 12.1 Å². The molecule has 0 unspecified atom stereocenters. The monoisotopic (exact) mass is 167 g/mol. The molecule has 0 aliphatic rings. The van der Waals surface area contributed by atoms with E-state index >= 15 is 0 Å². The first-order valence-electron chi connectivity index (χ1n) is 3.75. The van der Waals surface area contributed by atoms with Crippen molar-refractivity contribution >= 4 is 5.82 Å². The number of nitrogens with zero attached hydrogens (tertiary/aromatic N) is 2. The second-order valence-electron chi connectivity index (χ2n) is 3.51. The molecule has 1 rings (SSSR count). The number of hydrogen-bond donors (Lipinski definition) is 1. The summed E-state index contributed by atoms with van der Waals surface area (Å²) < 4.78 is 5.43. The summed E-state index contributed by atoms with van der Waals surface area (Å²) in [5.41, 5.74) is 5.12. The average Bonchev–Trinajstić information content (AvgIpc) is 1.91. The lowest BCUT2D eigenvalue weighted by Crippen LogP contribution is -2.23. The van der Waals surface area contributed by atoms with Crippen LogP contribution < -0.4 is 10.5 Å². The lowest BCUT2D eigenvalue weighted by Gasteiger charge is -2.19. The predicted molar refractivity (Wildman–Crippen MR) is 46.8 cm³/mol. The van der Waals surface area contributed by atoms with Gasteiger partial charge in [-0.25, -0.2) is 0 Å². The third-order valence-electron chi connectivity index (χ3n) is 1.07. The van der Waals surface area contributed by atoms with Crippen LogP contribution in [0.4, 0.5) is 5.82 Å². The Kier molecular flexibility index (Phi) is 2.17. The van der Waals surface area contributed by atoms with Crippen molar-refractivity contribution in [2.24, 2.45) is 0 Å². The topological polar surface area (TPSA) is 61.0 Å². The summed E-state index contributed by atoms with van der Waals surface area (Å²) in [6.45, 7) is 5.85. The molecular formula is C8H13N3O. The largest absolute Gasteiger partial charge is 0.471 e. The van der Waals surface area contributed by atoms with Gasteiger partial charge in [0.2, 0.25) is 5.88 Å². The van der Waals surface area contributed by atoms with Crippen molar-refractivity contribution in [1.82, 2.24) is 10.2 Å². The van der Waals surface area contributed by atoms with Gasteiger partial charge < -0.3 is 10.5 Å². The van der Waals surface area contributed by atoms with Crippen LogP contribution in [-0.4, -0.2) is 15.8 Å². The fraction of sp³-hybridized carbons (Fsp3) is 0.500. The average molecular weight is 167 g/mol. The standard InChI is InChI=1S/C8H13N3O/c1-8(2,3)12-7-5-4-6(9)10-11-7/h4-5H,1-3H3,(H2,9,10). The van der Waals surface area contributed by atoms with E-state index in [4.69, 9.17) is 10.5 Å². The molecule has 4 heteroatoms. The highest BCUT2D eigenvalue weighted by molar-refractivity contribution is 5.27. The molecule has 0 saturated carbocycles. The third-order valence-corrected chi connectivity index (χ3v) is 1.07. The van der Waals surface area contributed by atoms with E-state index in [0.717, 1.165) is 0 Å². The molecule has 0 aromatic carbocycles. The Morgan fingerprint density at radius 2 is 1.92 bits per heavy atom. The first kappa shape index (κ1) is 8.77. The molecule has 0 atom stereocenters. The zero-order valence-corrected chi connectivity index (χ0v) is 7.53. The maximum Gasteiger partial charge on any atom is 0.234 e. The molecule has 1 heterocycles. The molecule has 0 fully saturated rings. The lowest BCUT2D eigenvalue weighted by molar-refractivity contribution is 0.122. The van der Waals surface area contributed by atoms with Gasteiger partial charge in [-0.2, -0.15) is 0 Å². The van der Waals surface area contributed by atoms with E-state index in [1.807, 2.05) is 20.8 Å². The Hall–Kier alpha value is -1.32. The summed E-state index contributed by atoms with van der Waals surface area (Å²) in [6.07, 6.45) is 0. The smallest absolute Gasteiger partial charge is 0.234 e. The molecule has 0 aliphatic heterocycles. The maximum absolute atomic E-state index is 5.43. The van der Waals surface area contributed by atoms with Crippen molar-refractivity contribution in [3.8, 4) is 5.88 Å². The molecule has 12 heavy (non-hydrogen) atoms. The molecule has 4 nitrogen and oxygen atoms in total. The van der Waals surface area contributed by atoms with Gasteiger partial charge in [-0.15, -0.1) is 10.2 Å². The molecule has 1 aromatic rings. The number of hydrogen-bond acceptors (Lipinski definition) is 4. The van der Waals surface area contributed by atoms with Crippen LogP contribution in [0.3, 0.4) is 0 Å². The minimum Gasteiger partial charge on any atom is -0.471 e. The fourth-order valence-corrected chi connectivity index (χ4v) is 0.698. The van der Waals surface area contributed by atoms with E-state index in [1.165, 1.54) is 0 Å². The van der Waals surface area contributed by atoms with E-state index in [2.05, 4.69) is 10.2 Å². The summed E-state index contributed by atoms with van der Waals surface area (Å²) in [4.78, 5) is 0. The Balaban J connectivity index is 2.71. The van der Waals surface area contributed by atoms with Gasteiger partial charge in [0, 0.05) is 6.07 Å².